The van der Waals surface area contributed by atoms with Crippen LogP contribution < -0.4 is 19.7 Å². The standard InChI is InChI=1S/C28H30N4O5S/c1-17(33)18-4-6-20(7-5-18)31-10-12-32(13-11-31)27(35)23-8-9-24-25(23)29-28(38-24)30-26(34)19-14-21(36-2)16-22(15-19)37-3/h4-7,14-16,23H,8-13H2,1-3H3,(H,29,30,34). The van der Waals surface area contributed by atoms with Crippen molar-refractivity contribution in [1.82, 2.24) is 9.88 Å². The summed E-state index contributed by atoms with van der Waals surface area (Å²) in [6.45, 7) is 4.28. The number of anilines is 2. The molecule has 1 aliphatic carbocycles. The summed E-state index contributed by atoms with van der Waals surface area (Å²) in [5, 5.41) is 3.35. The van der Waals surface area contributed by atoms with Gasteiger partial charge in [0.2, 0.25) is 5.91 Å². The first-order valence-corrected chi connectivity index (χ1v) is 13.4. The fraction of sp³-hybridized carbons (Fsp3) is 0.357. The van der Waals surface area contributed by atoms with Crippen molar-refractivity contribution in [1.29, 1.82) is 0 Å². The molecule has 0 radical (unpaired) electrons. The molecule has 38 heavy (non-hydrogen) atoms. The maximum Gasteiger partial charge on any atom is 0.257 e. The van der Waals surface area contributed by atoms with Gasteiger partial charge in [0, 0.05) is 53.9 Å². The predicted molar refractivity (Wildman–Crippen MR) is 146 cm³/mol. The third kappa shape index (κ3) is 5.22. The minimum atomic E-state index is -0.315. The molecule has 2 aromatic carbocycles. The van der Waals surface area contributed by atoms with Crippen LogP contribution in [0.25, 0.3) is 0 Å². The Hall–Kier alpha value is -3.92. The van der Waals surface area contributed by atoms with Gasteiger partial charge < -0.3 is 19.3 Å². The van der Waals surface area contributed by atoms with Gasteiger partial charge in [0.1, 0.15) is 11.5 Å². The molecule has 0 spiro atoms. The number of thiazole rings is 1. The molecule has 2 heterocycles. The van der Waals surface area contributed by atoms with Crippen molar-refractivity contribution in [2.45, 2.75) is 25.7 Å². The molecule has 1 unspecified atom stereocenters. The van der Waals surface area contributed by atoms with Gasteiger partial charge in [-0.15, -0.1) is 11.3 Å². The number of rotatable bonds is 7. The van der Waals surface area contributed by atoms with Gasteiger partial charge >= 0.3 is 0 Å². The van der Waals surface area contributed by atoms with E-state index in [2.05, 4.69) is 15.2 Å². The van der Waals surface area contributed by atoms with Crippen molar-refractivity contribution < 1.29 is 23.9 Å². The second-order valence-corrected chi connectivity index (χ2v) is 10.5. The maximum absolute atomic E-state index is 13.4. The smallest absolute Gasteiger partial charge is 0.257 e. The molecule has 1 aliphatic heterocycles. The molecular weight excluding hydrogens is 504 g/mol. The Morgan fingerprint density at radius 3 is 2.21 bits per heavy atom. The maximum atomic E-state index is 13.4. The number of ketones is 1. The minimum Gasteiger partial charge on any atom is -0.497 e. The van der Waals surface area contributed by atoms with E-state index < -0.39 is 0 Å². The Kier molecular flexibility index (Phi) is 7.33. The number of ether oxygens (including phenoxy) is 2. The van der Waals surface area contributed by atoms with Gasteiger partial charge in [0.25, 0.3) is 5.91 Å². The molecule has 0 bridgehead atoms. The highest BCUT2D eigenvalue weighted by atomic mass is 32.1. The summed E-state index contributed by atoms with van der Waals surface area (Å²) in [7, 11) is 3.07. The zero-order valence-corrected chi connectivity index (χ0v) is 22.5. The highest BCUT2D eigenvalue weighted by Crippen LogP contribution is 2.39. The van der Waals surface area contributed by atoms with Gasteiger partial charge in [0.15, 0.2) is 10.9 Å². The van der Waals surface area contributed by atoms with Gasteiger partial charge in [-0.3, -0.25) is 19.7 Å². The third-order valence-corrected chi connectivity index (χ3v) is 8.13. The summed E-state index contributed by atoms with van der Waals surface area (Å²) in [5.74, 6) is 0.587. The van der Waals surface area contributed by atoms with Crippen molar-refractivity contribution in [3.63, 3.8) is 0 Å². The van der Waals surface area contributed by atoms with Crippen LogP contribution in [-0.2, 0) is 11.2 Å². The van der Waals surface area contributed by atoms with Crippen LogP contribution in [0.15, 0.2) is 42.5 Å². The number of fused-ring (bicyclic) bond motifs is 1. The van der Waals surface area contributed by atoms with Gasteiger partial charge in [0.05, 0.1) is 25.8 Å². The highest BCUT2D eigenvalue weighted by molar-refractivity contribution is 7.16. The Balaban J connectivity index is 1.22. The first kappa shape index (κ1) is 25.7. The number of carbonyl (C=O) groups excluding carboxylic acids is 3. The van der Waals surface area contributed by atoms with Crippen LogP contribution in [0.3, 0.4) is 0 Å². The van der Waals surface area contributed by atoms with Gasteiger partial charge in [-0.1, -0.05) is 0 Å². The third-order valence-electron chi connectivity index (χ3n) is 7.08. The van der Waals surface area contributed by atoms with Crippen LogP contribution in [0, 0.1) is 0 Å². The lowest BCUT2D eigenvalue weighted by molar-refractivity contribution is -0.133. The van der Waals surface area contributed by atoms with E-state index in [1.807, 2.05) is 29.2 Å². The molecule has 3 aromatic rings. The Bertz CT molecular complexity index is 1340. The van der Waals surface area contributed by atoms with Crippen LogP contribution in [0.5, 0.6) is 11.5 Å². The molecular formula is C28H30N4O5S. The van der Waals surface area contributed by atoms with Crippen LogP contribution in [-0.4, -0.2) is 67.9 Å². The molecule has 2 aliphatic rings. The van der Waals surface area contributed by atoms with E-state index >= 15 is 0 Å². The summed E-state index contributed by atoms with van der Waals surface area (Å²) in [6.07, 6.45) is 1.51. The SMILES string of the molecule is COc1cc(OC)cc(C(=O)Nc2nc3c(s2)CCC3C(=O)N2CCN(c3ccc(C(C)=O)cc3)CC2)c1. The quantitative estimate of drug-likeness (QED) is 0.458. The first-order chi connectivity index (χ1) is 18.4. The molecule has 1 saturated heterocycles. The van der Waals surface area contributed by atoms with Gasteiger partial charge in [-0.2, -0.15) is 0 Å². The summed E-state index contributed by atoms with van der Waals surface area (Å²) < 4.78 is 10.5. The van der Waals surface area contributed by atoms with E-state index in [-0.39, 0.29) is 23.5 Å². The molecule has 10 heteroatoms. The number of hydrogen-bond donors (Lipinski definition) is 1. The number of carbonyl (C=O) groups is 3. The van der Waals surface area contributed by atoms with Crippen molar-refractivity contribution in [2.24, 2.45) is 0 Å². The number of methoxy groups -OCH3 is 2. The van der Waals surface area contributed by atoms with Crippen LogP contribution >= 0.6 is 11.3 Å². The largest absolute Gasteiger partial charge is 0.497 e. The van der Waals surface area contributed by atoms with Crippen molar-refractivity contribution in [2.75, 3.05) is 50.6 Å². The average molecular weight is 535 g/mol. The summed E-state index contributed by atoms with van der Waals surface area (Å²) >= 11 is 1.42. The fourth-order valence-electron chi connectivity index (χ4n) is 4.94. The number of piperazine rings is 1. The van der Waals surface area contributed by atoms with Crippen molar-refractivity contribution in [3.05, 3.63) is 64.2 Å². The van der Waals surface area contributed by atoms with Crippen LogP contribution in [0.2, 0.25) is 0 Å². The number of nitrogens with zero attached hydrogens (tertiary/aromatic N) is 3. The van der Waals surface area contributed by atoms with E-state index in [0.717, 1.165) is 42.2 Å². The van der Waals surface area contributed by atoms with E-state index in [1.54, 1.807) is 25.1 Å². The van der Waals surface area contributed by atoms with Gasteiger partial charge in [-0.05, 0) is 56.2 Å². The van der Waals surface area contributed by atoms with E-state index in [4.69, 9.17) is 9.47 Å². The van der Waals surface area contributed by atoms with Crippen LogP contribution in [0.4, 0.5) is 10.8 Å². The zero-order chi connectivity index (χ0) is 26.8. The normalized spacial score (nSPS) is 16.7. The number of aryl methyl sites for hydroxylation is 1. The molecule has 1 aromatic heterocycles. The summed E-state index contributed by atoms with van der Waals surface area (Å²) in [6, 6.07) is 12.6. The number of Topliss-reactive ketones (excluding diaryl/α,β-unsaturated/α-hetero) is 1. The lowest BCUT2D eigenvalue weighted by Crippen LogP contribution is -2.50. The molecule has 1 atom stereocenters. The topological polar surface area (TPSA) is 101 Å². The number of amides is 2. The monoisotopic (exact) mass is 534 g/mol. The second-order valence-electron chi connectivity index (χ2n) is 9.39. The number of benzene rings is 2. The summed E-state index contributed by atoms with van der Waals surface area (Å²) in [4.78, 5) is 47.7. The molecule has 198 valence electrons. The first-order valence-electron chi connectivity index (χ1n) is 12.5. The lowest BCUT2D eigenvalue weighted by Gasteiger charge is -2.37. The Morgan fingerprint density at radius 2 is 1.61 bits per heavy atom. The Labute approximate surface area is 225 Å². The summed E-state index contributed by atoms with van der Waals surface area (Å²) in [5.41, 5.74) is 2.93. The van der Waals surface area contributed by atoms with E-state index in [9.17, 15) is 14.4 Å². The number of hydrogen-bond acceptors (Lipinski definition) is 8. The number of aromatic nitrogens is 1. The van der Waals surface area contributed by atoms with E-state index in [0.29, 0.717) is 40.8 Å². The zero-order valence-electron chi connectivity index (χ0n) is 21.7. The molecule has 1 fully saturated rings. The fourth-order valence-corrected chi connectivity index (χ4v) is 5.97. The van der Waals surface area contributed by atoms with Gasteiger partial charge in [-0.25, -0.2) is 4.98 Å². The van der Waals surface area contributed by atoms with Crippen molar-refractivity contribution in [3.8, 4) is 11.5 Å². The lowest BCUT2D eigenvalue weighted by atomic mass is 10.0. The predicted octanol–water partition coefficient (Wildman–Crippen LogP) is 3.99. The Morgan fingerprint density at radius 1 is 0.947 bits per heavy atom. The molecule has 2 amide bonds. The average Bonchev–Trinajstić information content (AvgIpc) is 3.52. The molecule has 9 nitrogen and oxygen atoms in total. The molecule has 0 saturated carbocycles. The molecule has 1 N–H and O–H groups in total. The highest BCUT2D eigenvalue weighted by Gasteiger charge is 2.36. The molecule has 5 rings (SSSR count). The van der Waals surface area contributed by atoms with Crippen molar-refractivity contribution >= 4 is 39.8 Å². The van der Waals surface area contributed by atoms with Crippen LogP contribution in [0.1, 0.15) is 50.5 Å². The second kappa shape index (κ2) is 10.8. The van der Waals surface area contributed by atoms with E-state index in [1.165, 1.54) is 25.6 Å². The number of nitrogens with one attached hydrogen (secondary N) is 1. The minimum absolute atomic E-state index is 0.0492.